The van der Waals surface area contributed by atoms with Gasteiger partial charge in [-0.3, -0.25) is 5.32 Å². The normalized spacial score (nSPS) is 27.9. The van der Waals surface area contributed by atoms with Gasteiger partial charge in [0.05, 0.1) is 18.2 Å². The number of aliphatic hydroxyl groups excluding tert-OH is 1. The molecule has 0 amide bonds. The summed E-state index contributed by atoms with van der Waals surface area (Å²) in [5.41, 5.74) is 0. The van der Waals surface area contributed by atoms with Crippen molar-refractivity contribution < 1.29 is 13.5 Å². The van der Waals surface area contributed by atoms with E-state index < -0.39 is 9.84 Å². The average molecular weight is 202 g/mol. The molecule has 1 fully saturated rings. The van der Waals surface area contributed by atoms with E-state index in [0.29, 0.717) is 6.42 Å². The highest BCUT2D eigenvalue weighted by atomic mass is 35.5. The van der Waals surface area contributed by atoms with Crippen LogP contribution in [0.2, 0.25) is 0 Å². The summed E-state index contributed by atoms with van der Waals surface area (Å²) in [5, 5.41) is 11.1. The third-order valence-electron chi connectivity index (χ3n) is 1.61. The molecule has 1 saturated heterocycles. The number of halogens is 1. The first-order chi connectivity index (χ1) is 4.64. The molecule has 0 aliphatic carbocycles. The topological polar surface area (TPSA) is 66.4 Å². The molecule has 1 aliphatic heterocycles. The van der Waals surface area contributed by atoms with Crippen molar-refractivity contribution in [3.63, 3.8) is 0 Å². The minimum atomic E-state index is -2.79. The van der Waals surface area contributed by atoms with Gasteiger partial charge < -0.3 is 5.11 Å². The zero-order valence-corrected chi connectivity index (χ0v) is 7.62. The van der Waals surface area contributed by atoms with Crippen LogP contribution in [0.3, 0.4) is 0 Å². The van der Waals surface area contributed by atoms with Gasteiger partial charge in [0.15, 0.2) is 9.84 Å². The SMILES string of the molecule is Cl.O=S1(=O)CCC(NCO)C1. The van der Waals surface area contributed by atoms with Gasteiger partial charge in [-0.1, -0.05) is 0 Å². The molecule has 1 heterocycles. The smallest absolute Gasteiger partial charge is 0.151 e. The van der Waals surface area contributed by atoms with E-state index in [4.69, 9.17) is 5.11 Å². The fraction of sp³-hybridized carbons (Fsp3) is 1.00. The fourth-order valence-corrected chi connectivity index (χ4v) is 2.79. The van der Waals surface area contributed by atoms with Gasteiger partial charge in [0, 0.05) is 6.04 Å². The molecule has 68 valence electrons. The zero-order chi connectivity index (χ0) is 7.61. The Morgan fingerprint density at radius 2 is 2.18 bits per heavy atom. The van der Waals surface area contributed by atoms with Crippen LogP contribution in [0.5, 0.6) is 0 Å². The molecule has 0 spiro atoms. The third kappa shape index (κ3) is 3.37. The molecule has 0 radical (unpaired) electrons. The second kappa shape index (κ2) is 4.25. The van der Waals surface area contributed by atoms with Crippen LogP contribution in [0.4, 0.5) is 0 Å². The van der Waals surface area contributed by atoms with Gasteiger partial charge in [-0.05, 0) is 6.42 Å². The van der Waals surface area contributed by atoms with Crippen molar-refractivity contribution in [3.05, 3.63) is 0 Å². The zero-order valence-electron chi connectivity index (χ0n) is 5.99. The summed E-state index contributed by atoms with van der Waals surface area (Å²) in [5.74, 6) is 0.429. The monoisotopic (exact) mass is 201 g/mol. The first kappa shape index (κ1) is 11.2. The molecule has 1 atom stereocenters. The summed E-state index contributed by atoms with van der Waals surface area (Å²) in [7, 11) is -2.79. The highest BCUT2D eigenvalue weighted by Crippen LogP contribution is 2.10. The van der Waals surface area contributed by atoms with Gasteiger partial charge in [-0.2, -0.15) is 0 Å². The molecule has 0 aromatic heterocycles. The van der Waals surface area contributed by atoms with Gasteiger partial charge in [-0.15, -0.1) is 12.4 Å². The maximum Gasteiger partial charge on any atom is 0.151 e. The van der Waals surface area contributed by atoms with E-state index in [1.165, 1.54) is 0 Å². The molecule has 11 heavy (non-hydrogen) atoms. The van der Waals surface area contributed by atoms with E-state index >= 15 is 0 Å². The summed E-state index contributed by atoms with van der Waals surface area (Å²) in [6.07, 6.45) is 0.628. The first-order valence-electron chi connectivity index (χ1n) is 3.19. The van der Waals surface area contributed by atoms with Gasteiger partial charge in [0.25, 0.3) is 0 Å². The van der Waals surface area contributed by atoms with Crippen molar-refractivity contribution in [1.29, 1.82) is 0 Å². The van der Waals surface area contributed by atoms with Gasteiger partial charge in [0.2, 0.25) is 0 Å². The standard InChI is InChI=1S/C5H11NO3S.ClH/c7-4-6-5-1-2-10(8,9)3-5;/h5-7H,1-4H2;1H. The maximum atomic E-state index is 10.8. The number of sulfone groups is 1. The lowest BCUT2D eigenvalue weighted by Gasteiger charge is -2.05. The Bertz CT molecular complexity index is 204. The Morgan fingerprint density at radius 3 is 2.55 bits per heavy atom. The summed E-state index contributed by atoms with van der Waals surface area (Å²) >= 11 is 0. The predicted octanol–water partition coefficient (Wildman–Crippen LogP) is -0.865. The molecular weight excluding hydrogens is 190 g/mol. The van der Waals surface area contributed by atoms with Crippen molar-refractivity contribution in [3.8, 4) is 0 Å². The van der Waals surface area contributed by atoms with Gasteiger partial charge >= 0.3 is 0 Å². The Balaban J connectivity index is 0.000001000. The molecule has 1 rings (SSSR count). The lowest BCUT2D eigenvalue weighted by Crippen LogP contribution is -2.30. The van der Waals surface area contributed by atoms with Crippen molar-refractivity contribution in [2.75, 3.05) is 18.2 Å². The van der Waals surface area contributed by atoms with Crippen molar-refractivity contribution in [2.45, 2.75) is 12.5 Å². The van der Waals surface area contributed by atoms with Crippen LogP contribution in [0.1, 0.15) is 6.42 Å². The van der Waals surface area contributed by atoms with Crippen LogP contribution in [0.15, 0.2) is 0 Å². The quantitative estimate of drug-likeness (QED) is 0.571. The Morgan fingerprint density at radius 1 is 1.55 bits per heavy atom. The Labute approximate surface area is 72.3 Å². The Kier molecular flexibility index (Phi) is 4.31. The van der Waals surface area contributed by atoms with E-state index in [0.717, 1.165) is 0 Å². The van der Waals surface area contributed by atoms with E-state index in [-0.39, 0.29) is 36.7 Å². The van der Waals surface area contributed by atoms with Crippen molar-refractivity contribution in [1.82, 2.24) is 5.32 Å². The third-order valence-corrected chi connectivity index (χ3v) is 3.38. The largest absolute Gasteiger partial charge is 0.381 e. The van der Waals surface area contributed by atoms with Gasteiger partial charge in [-0.25, -0.2) is 8.42 Å². The molecule has 1 aliphatic rings. The molecule has 0 bridgehead atoms. The summed E-state index contributed by atoms with van der Waals surface area (Å²) < 4.78 is 21.6. The molecule has 0 saturated carbocycles. The molecule has 1 unspecified atom stereocenters. The molecular formula is C5H12ClNO3S. The van der Waals surface area contributed by atoms with Crippen LogP contribution in [-0.4, -0.2) is 37.8 Å². The molecule has 6 heteroatoms. The number of nitrogens with one attached hydrogen (secondary N) is 1. The summed E-state index contributed by atoms with van der Waals surface area (Å²) in [4.78, 5) is 0. The minimum absolute atomic E-state index is 0. The average Bonchev–Trinajstić information content (AvgIpc) is 2.12. The molecule has 2 N–H and O–H groups in total. The summed E-state index contributed by atoms with van der Waals surface area (Å²) in [6.45, 7) is -0.139. The lowest BCUT2D eigenvalue weighted by molar-refractivity contribution is 0.245. The van der Waals surface area contributed by atoms with E-state index in [9.17, 15) is 8.42 Å². The van der Waals surface area contributed by atoms with Crippen LogP contribution >= 0.6 is 12.4 Å². The van der Waals surface area contributed by atoms with E-state index in [1.54, 1.807) is 0 Å². The van der Waals surface area contributed by atoms with Crippen molar-refractivity contribution in [2.24, 2.45) is 0 Å². The first-order valence-corrected chi connectivity index (χ1v) is 5.01. The summed E-state index contributed by atoms with van der Waals surface area (Å²) in [6, 6.07) is -0.0324. The Hall–Kier alpha value is 0.160. The highest BCUT2D eigenvalue weighted by molar-refractivity contribution is 7.91. The highest BCUT2D eigenvalue weighted by Gasteiger charge is 2.26. The predicted molar refractivity (Wildman–Crippen MR) is 44.5 cm³/mol. The molecule has 4 nitrogen and oxygen atoms in total. The molecule has 0 aromatic carbocycles. The maximum absolute atomic E-state index is 10.8. The molecule has 0 aromatic rings. The second-order valence-corrected chi connectivity index (χ2v) is 4.69. The number of rotatable bonds is 2. The number of hydrogen-bond acceptors (Lipinski definition) is 4. The number of hydrogen-bond donors (Lipinski definition) is 2. The minimum Gasteiger partial charge on any atom is -0.381 e. The van der Waals surface area contributed by atoms with Crippen LogP contribution in [0, 0.1) is 0 Å². The lowest BCUT2D eigenvalue weighted by atomic mass is 10.3. The van der Waals surface area contributed by atoms with E-state index in [2.05, 4.69) is 5.32 Å². The van der Waals surface area contributed by atoms with Crippen LogP contribution in [-0.2, 0) is 9.84 Å². The van der Waals surface area contributed by atoms with Crippen molar-refractivity contribution >= 4 is 22.2 Å². The van der Waals surface area contributed by atoms with Crippen LogP contribution < -0.4 is 5.32 Å². The van der Waals surface area contributed by atoms with E-state index in [1.807, 2.05) is 0 Å². The van der Waals surface area contributed by atoms with Gasteiger partial charge in [0.1, 0.15) is 0 Å². The van der Waals surface area contributed by atoms with Crippen LogP contribution in [0.25, 0.3) is 0 Å². The second-order valence-electron chi connectivity index (χ2n) is 2.46. The fourth-order valence-electron chi connectivity index (χ4n) is 1.09. The number of aliphatic hydroxyl groups is 1.